The molecule has 2 aromatic carbocycles. The number of benzene rings is 2. The first-order chi connectivity index (χ1) is 13.2. The number of piperidine rings is 1. The maximum atomic E-state index is 12.8. The number of carbonyl (C=O) groups excluding carboxylic acids is 1. The van der Waals surface area contributed by atoms with Crippen molar-refractivity contribution in [3.8, 4) is 0 Å². The van der Waals surface area contributed by atoms with Crippen LogP contribution in [0.2, 0.25) is 0 Å². The molecule has 1 heterocycles. The number of aliphatic hydroxyl groups is 1. The number of carbonyl (C=O) groups is 1. The minimum absolute atomic E-state index is 0.149. The molecule has 0 atom stereocenters. The molecule has 0 bridgehead atoms. The highest BCUT2D eigenvalue weighted by molar-refractivity contribution is 5.84. The van der Waals surface area contributed by atoms with E-state index in [4.69, 9.17) is 0 Å². The predicted molar refractivity (Wildman–Crippen MR) is 112 cm³/mol. The normalized spacial score (nSPS) is 16.4. The summed E-state index contributed by atoms with van der Waals surface area (Å²) >= 11 is 0. The van der Waals surface area contributed by atoms with Crippen LogP contribution in [0, 0.1) is 12.7 Å². The van der Waals surface area contributed by atoms with Crippen molar-refractivity contribution in [2.45, 2.75) is 58.6 Å². The Morgan fingerprint density at radius 2 is 1.61 bits per heavy atom. The van der Waals surface area contributed by atoms with Gasteiger partial charge in [-0.1, -0.05) is 55.8 Å². The van der Waals surface area contributed by atoms with Crippen molar-refractivity contribution in [3.05, 3.63) is 71.0 Å². The molecular weight excluding hydrogens is 353 g/mol. The molecule has 3 nitrogen and oxygen atoms in total. The first-order valence-corrected chi connectivity index (χ1v) is 9.96. The summed E-state index contributed by atoms with van der Waals surface area (Å²) in [6.07, 6.45) is 0.951. The van der Waals surface area contributed by atoms with E-state index in [0.29, 0.717) is 31.8 Å². The van der Waals surface area contributed by atoms with Crippen molar-refractivity contribution in [2.75, 3.05) is 13.1 Å². The van der Waals surface area contributed by atoms with E-state index >= 15 is 0 Å². The Balaban J connectivity index is 0.000000237. The maximum Gasteiger partial charge on any atom is 0.161 e. The van der Waals surface area contributed by atoms with E-state index in [2.05, 4.69) is 49.9 Å². The van der Waals surface area contributed by atoms with Gasteiger partial charge in [0.25, 0.3) is 0 Å². The Hall–Kier alpha value is -2.04. The number of Topliss-reactive ketones (excluding diaryl/α,β-unsaturated/α-hetero) is 1. The molecule has 28 heavy (non-hydrogen) atoms. The smallest absolute Gasteiger partial charge is 0.161 e. The maximum absolute atomic E-state index is 12.8. The molecule has 4 heteroatoms. The van der Waals surface area contributed by atoms with Crippen LogP contribution in [0.1, 0.15) is 56.2 Å². The molecule has 0 radical (unpaired) electrons. The van der Waals surface area contributed by atoms with Gasteiger partial charge in [0, 0.05) is 19.6 Å². The zero-order chi connectivity index (χ0) is 20.7. The third-order valence-electron chi connectivity index (χ3n) is 5.40. The van der Waals surface area contributed by atoms with E-state index in [-0.39, 0.29) is 11.6 Å². The van der Waals surface area contributed by atoms with E-state index in [9.17, 15) is 14.3 Å². The standard InChI is InChI=1S/C14H18FNO2.C10H14/c1-11(17)14(18)6-8-16(9-7-14)10-12-2-4-13(15)5-3-12;1-8(2)10-6-4-9(3)5-7-10/h2-5,18H,6-10H2,1H3;4-8H,1-3H3. The highest BCUT2D eigenvalue weighted by Crippen LogP contribution is 2.24. The predicted octanol–water partition coefficient (Wildman–Crippen LogP) is 4.86. The first kappa shape index (κ1) is 22.3. The molecule has 152 valence electrons. The zero-order valence-electron chi connectivity index (χ0n) is 17.4. The van der Waals surface area contributed by atoms with Crippen LogP contribution < -0.4 is 0 Å². The summed E-state index contributed by atoms with van der Waals surface area (Å²) in [5.74, 6) is 0.271. The number of rotatable bonds is 4. The second-order valence-corrected chi connectivity index (χ2v) is 8.06. The molecule has 2 aromatic rings. The Bertz CT molecular complexity index is 745. The third-order valence-corrected chi connectivity index (χ3v) is 5.40. The van der Waals surface area contributed by atoms with Crippen molar-refractivity contribution >= 4 is 5.78 Å². The molecule has 0 spiro atoms. The molecular formula is C24H32FNO2. The van der Waals surface area contributed by atoms with Gasteiger partial charge in [0.2, 0.25) is 0 Å². The summed E-state index contributed by atoms with van der Waals surface area (Å²) in [5, 5.41) is 10.0. The Kier molecular flexibility index (Phi) is 7.90. The van der Waals surface area contributed by atoms with Crippen LogP contribution in [0.4, 0.5) is 4.39 Å². The lowest BCUT2D eigenvalue weighted by molar-refractivity contribution is -0.140. The average Bonchev–Trinajstić information content (AvgIpc) is 2.66. The molecule has 1 aliphatic rings. The Morgan fingerprint density at radius 1 is 1.07 bits per heavy atom. The number of halogens is 1. The molecule has 0 aliphatic carbocycles. The van der Waals surface area contributed by atoms with Crippen molar-refractivity contribution < 1.29 is 14.3 Å². The van der Waals surface area contributed by atoms with Crippen LogP contribution in [0.5, 0.6) is 0 Å². The van der Waals surface area contributed by atoms with Crippen LogP contribution in [0.15, 0.2) is 48.5 Å². The monoisotopic (exact) mass is 385 g/mol. The third kappa shape index (κ3) is 6.54. The van der Waals surface area contributed by atoms with Crippen molar-refractivity contribution in [1.29, 1.82) is 0 Å². The number of hydrogen-bond acceptors (Lipinski definition) is 3. The van der Waals surface area contributed by atoms with Crippen molar-refractivity contribution in [2.24, 2.45) is 0 Å². The second kappa shape index (κ2) is 9.94. The van der Waals surface area contributed by atoms with Crippen LogP contribution in [-0.2, 0) is 11.3 Å². The van der Waals surface area contributed by atoms with Crippen LogP contribution >= 0.6 is 0 Å². The number of ketones is 1. The fourth-order valence-electron chi connectivity index (χ4n) is 3.23. The zero-order valence-corrected chi connectivity index (χ0v) is 17.4. The summed E-state index contributed by atoms with van der Waals surface area (Å²) in [5.41, 5.74) is 2.67. The fourth-order valence-corrected chi connectivity index (χ4v) is 3.23. The van der Waals surface area contributed by atoms with E-state index in [1.807, 2.05) is 0 Å². The number of aryl methyl sites for hydroxylation is 1. The van der Waals surface area contributed by atoms with Gasteiger partial charge in [-0.2, -0.15) is 0 Å². The molecule has 1 aliphatic heterocycles. The van der Waals surface area contributed by atoms with Gasteiger partial charge in [-0.3, -0.25) is 9.69 Å². The van der Waals surface area contributed by atoms with Gasteiger partial charge < -0.3 is 5.11 Å². The number of nitrogens with zero attached hydrogens (tertiary/aromatic N) is 1. The minimum atomic E-state index is -1.14. The molecule has 3 rings (SSSR count). The molecule has 0 saturated carbocycles. The Morgan fingerprint density at radius 3 is 2.07 bits per heavy atom. The van der Waals surface area contributed by atoms with Gasteiger partial charge in [0.05, 0.1) is 0 Å². The van der Waals surface area contributed by atoms with Crippen LogP contribution in [0.3, 0.4) is 0 Å². The van der Waals surface area contributed by atoms with Gasteiger partial charge in [-0.25, -0.2) is 4.39 Å². The van der Waals surface area contributed by atoms with Gasteiger partial charge in [-0.15, -0.1) is 0 Å². The quantitative estimate of drug-likeness (QED) is 0.817. The van der Waals surface area contributed by atoms with E-state index < -0.39 is 5.60 Å². The average molecular weight is 386 g/mol. The molecule has 0 aromatic heterocycles. The van der Waals surface area contributed by atoms with Gasteiger partial charge in [0.15, 0.2) is 5.78 Å². The van der Waals surface area contributed by atoms with E-state index in [0.717, 1.165) is 12.1 Å². The number of hydrogen-bond donors (Lipinski definition) is 1. The summed E-state index contributed by atoms with van der Waals surface area (Å²) in [6, 6.07) is 15.1. The summed E-state index contributed by atoms with van der Waals surface area (Å²) in [6.45, 7) is 10.1. The molecule has 1 fully saturated rings. The summed E-state index contributed by atoms with van der Waals surface area (Å²) < 4.78 is 12.8. The van der Waals surface area contributed by atoms with Crippen molar-refractivity contribution in [3.63, 3.8) is 0 Å². The van der Waals surface area contributed by atoms with Gasteiger partial charge in [-0.05, 0) is 55.9 Å². The lowest BCUT2D eigenvalue weighted by atomic mass is 9.88. The van der Waals surface area contributed by atoms with E-state index in [1.165, 1.54) is 30.2 Å². The van der Waals surface area contributed by atoms with Gasteiger partial charge in [0.1, 0.15) is 11.4 Å². The highest BCUT2D eigenvalue weighted by Gasteiger charge is 2.36. The van der Waals surface area contributed by atoms with Crippen LogP contribution in [0.25, 0.3) is 0 Å². The van der Waals surface area contributed by atoms with Gasteiger partial charge >= 0.3 is 0 Å². The second-order valence-electron chi connectivity index (χ2n) is 8.06. The molecule has 1 saturated heterocycles. The molecule has 0 amide bonds. The lowest BCUT2D eigenvalue weighted by Gasteiger charge is -2.36. The Labute approximate surface area is 168 Å². The first-order valence-electron chi connectivity index (χ1n) is 9.96. The SMILES string of the molecule is CC(=O)C1(O)CCN(Cc2ccc(F)cc2)CC1.Cc1ccc(C(C)C)cc1. The van der Waals surface area contributed by atoms with Crippen molar-refractivity contribution in [1.82, 2.24) is 4.90 Å². The highest BCUT2D eigenvalue weighted by atomic mass is 19.1. The fraction of sp³-hybridized carbons (Fsp3) is 0.458. The molecule has 1 N–H and O–H groups in total. The largest absolute Gasteiger partial charge is 0.382 e. The lowest BCUT2D eigenvalue weighted by Crippen LogP contribution is -2.48. The minimum Gasteiger partial charge on any atom is -0.382 e. The molecule has 0 unspecified atom stereocenters. The summed E-state index contributed by atoms with van der Waals surface area (Å²) in [4.78, 5) is 13.5. The van der Waals surface area contributed by atoms with Crippen LogP contribution in [-0.4, -0.2) is 34.5 Å². The number of likely N-dealkylation sites (tertiary alicyclic amines) is 1. The van der Waals surface area contributed by atoms with E-state index in [1.54, 1.807) is 12.1 Å². The summed E-state index contributed by atoms with van der Waals surface area (Å²) in [7, 11) is 0. The topological polar surface area (TPSA) is 40.5 Å².